The molecule has 2 aromatic carbocycles. The number of benzene rings is 2. The number of nitrogens with zero attached hydrogens (tertiary/aromatic N) is 1. The number of carbonyl (C=O) groups excluding carboxylic acids is 2. The van der Waals surface area contributed by atoms with Crippen LogP contribution in [-0.2, 0) is 9.59 Å². The van der Waals surface area contributed by atoms with Crippen LogP contribution in [0.15, 0.2) is 48.5 Å². The molecule has 0 spiro atoms. The van der Waals surface area contributed by atoms with E-state index in [0.29, 0.717) is 11.4 Å². The highest BCUT2D eigenvalue weighted by molar-refractivity contribution is 5.97. The van der Waals surface area contributed by atoms with Gasteiger partial charge in [-0.25, -0.2) is 0 Å². The van der Waals surface area contributed by atoms with Crippen LogP contribution in [0.4, 0.5) is 11.4 Å². The molecule has 138 valence electrons. The number of nitrogens with one attached hydrogen (secondary N) is 2. The Balaban J connectivity index is 1.91. The molecule has 6 nitrogen and oxygen atoms in total. The number of rotatable bonds is 7. The van der Waals surface area contributed by atoms with Crippen molar-refractivity contribution >= 4 is 23.2 Å². The molecule has 0 saturated heterocycles. The fourth-order valence-corrected chi connectivity index (χ4v) is 2.39. The van der Waals surface area contributed by atoms with E-state index < -0.39 is 6.04 Å². The molecule has 2 amide bonds. The summed E-state index contributed by atoms with van der Waals surface area (Å²) in [6, 6.07) is 14.3. The molecular weight excluding hydrogens is 330 g/mol. The molecule has 0 radical (unpaired) electrons. The van der Waals surface area contributed by atoms with E-state index in [0.717, 1.165) is 11.3 Å². The van der Waals surface area contributed by atoms with Crippen LogP contribution < -0.4 is 15.4 Å². The first-order valence-corrected chi connectivity index (χ1v) is 8.41. The van der Waals surface area contributed by atoms with Crippen LogP contribution in [0.25, 0.3) is 0 Å². The number of methoxy groups -OCH3 is 1. The van der Waals surface area contributed by atoms with Crippen LogP contribution in [0.5, 0.6) is 5.75 Å². The lowest BCUT2D eigenvalue weighted by atomic mass is 10.2. The maximum atomic E-state index is 12.5. The number of likely N-dealkylation sites (N-methyl/N-ethyl adjacent to an activating group) is 1. The third kappa shape index (κ3) is 5.32. The van der Waals surface area contributed by atoms with Gasteiger partial charge in [0.05, 0.1) is 25.4 Å². The largest absolute Gasteiger partial charge is 0.495 e. The molecule has 0 heterocycles. The highest BCUT2D eigenvalue weighted by atomic mass is 16.5. The Morgan fingerprint density at radius 3 is 2.38 bits per heavy atom. The van der Waals surface area contributed by atoms with E-state index in [2.05, 4.69) is 10.6 Å². The van der Waals surface area contributed by atoms with E-state index in [-0.39, 0.29) is 18.4 Å². The summed E-state index contributed by atoms with van der Waals surface area (Å²) >= 11 is 0. The highest BCUT2D eigenvalue weighted by Gasteiger charge is 2.21. The second-order valence-corrected chi connectivity index (χ2v) is 6.19. The summed E-state index contributed by atoms with van der Waals surface area (Å²) in [7, 11) is 3.29. The maximum absolute atomic E-state index is 12.5. The molecule has 1 atom stereocenters. The molecule has 2 rings (SSSR count). The van der Waals surface area contributed by atoms with Crippen molar-refractivity contribution in [2.75, 3.05) is 31.3 Å². The van der Waals surface area contributed by atoms with Crippen molar-refractivity contribution in [3.63, 3.8) is 0 Å². The number of carbonyl (C=O) groups is 2. The molecule has 2 N–H and O–H groups in total. The first kappa shape index (κ1) is 19.5. The molecule has 0 saturated carbocycles. The van der Waals surface area contributed by atoms with Crippen molar-refractivity contribution in [2.45, 2.75) is 19.9 Å². The SMILES string of the molecule is COc1ccccc1NC(=O)[C@@H](C)N(C)CC(=O)Nc1ccc(C)cc1. The molecule has 0 bridgehead atoms. The predicted molar refractivity (Wildman–Crippen MR) is 104 cm³/mol. The molecule has 2 aromatic rings. The van der Waals surface area contributed by atoms with Crippen LogP contribution in [0.1, 0.15) is 12.5 Å². The van der Waals surface area contributed by atoms with Crippen LogP contribution in [0.3, 0.4) is 0 Å². The van der Waals surface area contributed by atoms with E-state index in [1.165, 1.54) is 0 Å². The third-order valence-electron chi connectivity index (χ3n) is 4.13. The van der Waals surface area contributed by atoms with Crippen LogP contribution in [0, 0.1) is 6.92 Å². The van der Waals surface area contributed by atoms with Gasteiger partial charge in [-0.2, -0.15) is 0 Å². The molecule has 26 heavy (non-hydrogen) atoms. The normalized spacial score (nSPS) is 11.7. The van der Waals surface area contributed by atoms with Gasteiger partial charge in [0.15, 0.2) is 0 Å². The zero-order valence-corrected chi connectivity index (χ0v) is 15.6. The summed E-state index contributed by atoms with van der Waals surface area (Å²) < 4.78 is 5.23. The predicted octanol–water partition coefficient (Wildman–Crippen LogP) is 2.90. The number of para-hydroxylation sites is 2. The average Bonchev–Trinajstić information content (AvgIpc) is 2.63. The van der Waals surface area contributed by atoms with Gasteiger partial charge in [-0.3, -0.25) is 14.5 Å². The number of anilines is 2. The minimum Gasteiger partial charge on any atom is -0.495 e. The number of hydrogen-bond acceptors (Lipinski definition) is 4. The van der Waals surface area contributed by atoms with Crippen LogP contribution in [0.2, 0.25) is 0 Å². The summed E-state index contributed by atoms with van der Waals surface area (Å²) in [6.07, 6.45) is 0. The lowest BCUT2D eigenvalue weighted by Gasteiger charge is -2.23. The summed E-state index contributed by atoms with van der Waals surface area (Å²) in [5.41, 5.74) is 2.46. The Morgan fingerprint density at radius 1 is 1.08 bits per heavy atom. The van der Waals surface area contributed by atoms with Crippen molar-refractivity contribution in [1.82, 2.24) is 4.90 Å². The Labute approximate surface area is 154 Å². The molecular formula is C20H25N3O3. The molecule has 0 fully saturated rings. The molecule has 0 aliphatic carbocycles. The minimum absolute atomic E-state index is 0.106. The van der Waals surface area contributed by atoms with Gasteiger partial charge in [0.2, 0.25) is 11.8 Å². The third-order valence-corrected chi connectivity index (χ3v) is 4.13. The first-order valence-electron chi connectivity index (χ1n) is 8.41. The summed E-state index contributed by atoms with van der Waals surface area (Å²) in [5, 5.41) is 5.66. The van der Waals surface area contributed by atoms with Gasteiger partial charge in [0.1, 0.15) is 5.75 Å². The quantitative estimate of drug-likeness (QED) is 0.801. The molecule has 0 unspecified atom stereocenters. The van der Waals surface area contributed by atoms with Gasteiger partial charge in [-0.05, 0) is 45.2 Å². The first-order chi connectivity index (χ1) is 12.4. The van der Waals surface area contributed by atoms with Gasteiger partial charge in [0.25, 0.3) is 0 Å². The molecule has 0 aromatic heterocycles. The lowest BCUT2D eigenvalue weighted by Crippen LogP contribution is -2.43. The van der Waals surface area contributed by atoms with Gasteiger partial charge in [-0.1, -0.05) is 29.8 Å². The van der Waals surface area contributed by atoms with Crippen molar-refractivity contribution in [3.05, 3.63) is 54.1 Å². The fraction of sp³-hybridized carbons (Fsp3) is 0.300. The zero-order chi connectivity index (χ0) is 19.1. The molecule has 0 aliphatic heterocycles. The number of ether oxygens (including phenoxy) is 1. The molecule has 0 aliphatic rings. The summed E-state index contributed by atoms with van der Waals surface area (Å²) in [5.74, 6) is 0.209. The van der Waals surface area contributed by atoms with E-state index in [9.17, 15) is 9.59 Å². The fourth-order valence-electron chi connectivity index (χ4n) is 2.39. The highest BCUT2D eigenvalue weighted by Crippen LogP contribution is 2.23. The minimum atomic E-state index is -0.483. The zero-order valence-electron chi connectivity index (χ0n) is 15.6. The summed E-state index contributed by atoms with van der Waals surface area (Å²) in [6.45, 7) is 3.85. The van der Waals surface area contributed by atoms with Gasteiger partial charge in [0, 0.05) is 5.69 Å². The van der Waals surface area contributed by atoms with Crippen molar-refractivity contribution in [1.29, 1.82) is 0 Å². The smallest absolute Gasteiger partial charge is 0.241 e. The van der Waals surface area contributed by atoms with Crippen LogP contribution in [-0.4, -0.2) is 43.5 Å². The second-order valence-electron chi connectivity index (χ2n) is 6.19. The Kier molecular flexibility index (Phi) is 6.74. The Bertz CT molecular complexity index is 759. The Hall–Kier alpha value is -2.86. The number of amides is 2. The number of aryl methyl sites for hydroxylation is 1. The van der Waals surface area contributed by atoms with Crippen molar-refractivity contribution < 1.29 is 14.3 Å². The van der Waals surface area contributed by atoms with Crippen molar-refractivity contribution in [2.24, 2.45) is 0 Å². The van der Waals surface area contributed by atoms with Crippen molar-refractivity contribution in [3.8, 4) is 5.75 Å². The van der Waals surface area contributed by atoms with E-state index in [1.54, 1.807) is 38.1 Å². The maximum Gasteiger partial charge on any atom is 0.241 e. The lowest BCUT2D eigenvalue weighted by molar-refractivity contribution is -0.122. The van der Waals surface area contributed by atoms with E-state index in [4.69, 9.17) is 4.74 Å². The Morgan fingerprint density at radius 2 is 1.73 bits per heavy atom. The average molecular weight is 355 g/mol. The summed E-state index contributed by atoms with van der Waals surface area (Å²) in [4.78, 5) is 26.3. The van der Waals surface area contributed by atoms with Gasteiger partial charge < -0.3 is 15.4 Å². The standard InChI is InChI=1S/C20H25N3O3/c1-14-9-11-16(12-10-14)21-19(24)13-23(3)15(2)20(25)22-17-7-5-6-8-18(17)26-4/h5-12,15H,13H2,1-4H3,(H,21,24)(H,22,25)/t15-/m1/s1. The van der Waals surface area contributed by atoms with E-state index in [1.807, 2.05) is 43.3 Å². The monoisotopic (exact) mass is 355 g/mol. The number of hydrogen-bond donors (Lipinski definition) is 2. The van der Waals surface area contributed by atoms with Gasteiger partial charge >= 0.3 is 0 Å². The van der Waals surface area contributed by atoms with E-state index >= 15 is 0 Å². The molecule has 6 heteroatoms. The van der Waals surface area contributed by atoms with Crippen LogP contribution >= 0.6 is 0 Å². The van der Waals surface area contributed by atoms with Gasteiger partial charge in [-0.15, -0.1) is 0 Å². The second kappa shape index (κ2) is 9.01. The topological polar surface area (TPSA) is 70.7 Å².